The van der Waals surface area contributed by atoms with Crippen molar-refractivity contribution >= 4 is 17.7 Å². The molecule has 6 nitrogen and oxygen atoms in total. The molecular weight excluding hydrogens is 248 g/mol. The average molecular weight is 257 g/mol. The summed E-state index contributed by atoms with van der Waals surface area (Å²) in [6, 6.07) is 0.365. The fourth-order valence-electron chi connectivity index (χ4n) is 1.16. The van der Waals surface area contributed by atoms with Gasteiger partial charge in [-0.05, 0) is 18.2 Å². The number of nitrogens with two attached hydrogens (primary N) is 2. The molecule has 1 aromatic rings. The van der Waals surface area contributed by atoms with Gasteiger partial charge in [0.25, 0.3) is 5.91 Å². The van der Waals surface area contributed by atoms with Gasteiger partial charge in [-0.15, -0.1) is 0 Å². The van der Waals surface area contributed by atoms with Crippen molar-refractivity contribution in [2.45, 2.75) is 6.04 Å². The van der Waals surface area contributed by atoms with Crippen molar-refractivity contribution in [2.75, 3.05) is 0 Å². The third kappa shape index (κ3) is 3.00. The molecule has 3 amide bonds. The van der Waals surface area contributed by atoms with Crippen LogP contribution in [0.4, 0.5) is 8.78 Å². The van der Waals surface area contributed by atoms with Crippen molar-refractivity contribution in [3.8, 4) is 0 Å². The maximum absolute atomic E-state index is 13.2. The van der Waals surface area contributed by atoms with Crippen molar-refractivity contribution < 1.29 is 23.2 Å². The van der Waals surface area contributed by atoms with Crippen LogP contribution in [0.5, 0.6) is 0 Å². The van der Waals surface area contributed by atoms with Gasteiger partial charge in [-0.3, -0.25) is 14.4 Å². The van der Waals surface area contributed by atoms with Crippen LogP contribution in [-0.2, 0) is 9.59 Å². The number of primary amides is 2. The van der Waals surface area contributed by atoms with Crippen LogP contribution >= 0.6 is 0 Å². The van der Waals surface area contributed by atoms with Gasteiger partial charge in [-0.25, -0.2) is 8.78 Å². The van der Waals surface area contributed by atoms with E-state index in [0.29, 0.717) is 6.07 Å². The number of rotatable bonds is 4. The maximum atomic E-state index is 13.2. The highest BCUT2D eigenvalue weighted by Crippen LogP contribution is 2.09. The lowest BCUT2D eigenvalue weighted by Gasteiger charge is -2.12. The largest absolute Gasteiger partial charge is 0.367 e. The molecule has 0 aromatic heterocycles. The van der Waals surface area contributed by atoms with E-state index < -0.39 is 41.0 Å². The predicted octanol–water partition coefficient (Wildman–Crippen LogP) is -0.966. The number of halogens is 2. The SMILES string of the molecule is NC(=O)C(NC(=O)c1cc(F)ccc1F)C(N)=O. The summed E-state index contributed by atoms with van der Waals surface area (Å²) in [5, 5.41) is 1.81. The molecule has 5 N–H and O–H groups in total. The lowest BCUT2D eigenvalue weighted by molar-refractivity contribution is -0.128. The van der Waals surface area contributed by atoms with Gasteiger partial charge in [-0.2, -0.15) is 0 Å². The second-order valence-corrected chi connectivity index (χ2v) is 3.34. The van der Waals surface area contributed by atoms with Gasteiger partial charge in [0.05, 0.1) is 5.56 Å². The summed E-state index contributed by atoms with van der Waals surface area (Å²) in [5.41, 5.74) is 8.95. The Morgan fingerprint density at radius 1 is 1.11 bits per heavy atom. The number of amides is 3. The molecule has 0 aliphatic carbocycles. The molecular formula is C10H9F2N3O3. The highest BCUT2D eigenvalue weighted by atomic mass is 19.1. The zero-order valence-corrected chi connectivity index (χ0v) is 8.94. The van der Waals surface area contributed by atoms with Crippen LogP contribution in [0.25, 0.3) is 0 Å². The first kappa shape index (κ1) is 13.6. The van der Waals surface area contributed by atoms with E-state index in [1.165, 1.54) is 0 Å². The standard InChI is InChI=1S/C10H9F2N3O3/c11-4-1-2-6(12)5(3-4)10(18)15-7(8(13)16)9(14)17/h1-3,7H,(H2,13,16)(H2,14,17)(H,15,18). The molecule has 0 spiro atoms. The molecule has 0 aliphatic rings. The number of benzene rings is 1. The molecule has 0 unspecified atom stereocenters. The van der Waals surface area contributed by atoms with Crippen molar-refractivity contribution in [3.05, 3.63) is 35.4 Å². The van der Waals surface area contributed by atoms with Crippen LogP contribution in [-0.4, -0.2) is 23.8 Å². The summed E-state index contributed by atoms with van der Waals surface area (Å²) in [6.07, 6.45) is 0. The predicted molar refractivity (Wildman–Crippen MR) is 56.0 cm³/mol. The van der Waals surface area contributed by atoms with E-state index in [4.69, 9.17) is 11.5 Å². The Bertz CT molecular complexity index is 505. The van der Waals surface area contributed by atoms with Gasteiger partial charge in [0.1, 0.15) is 11.6 Å². The Hall–Kier alpha value is -2.51. The van der Waals surface area contributed by atoms with E-state index in [1.807, 2.05) is 0 Å². The van der Waals surface area contributed by atoms with E-state index in [-0.39, 0.29) is 0 Å². The Balaban J connectivity index is 2.97. The van der Waals surface area contributed by atoms with E-state index in [1.54, 1.807) is 5.32 Å². The molecule has 0 bridgehead atoms. The normalized spacial score (nSPS) is 10.2. The number of hydrogen-bond acceptors (Lipinski definition) is 3. The zero-order chi connectivity index (χ0) is 13.9. The Morgan fingerprint density at radius 3 is 2.17 bits per heavy atom. The first-order valence-corrected chi connectivity index (χ1v) is 4.67. The molecule has 0 fully saturated rings. The van der Waals surface area contributed by atoms with E-state index in [9.17, 15) is 23.2 Å². The van der Waals surface area contributed by atoms with E-state index in [2.05, 4.69) is 0 Å². The minimum Gasteiger partial charge on any atom is -0.367 e. The molecule has 0 saturated heterocycles. The summed E-state index contributed by atoms with van der Waals surface area (Å²) < 4.78 is 26.0. The third-order valence-electron chi connectivity index (χ3n) is 2.02. The molecule has 1 aromatic carbocycles. The fourth-order valence-corrected chi connectivity index (χ4v) is 1.16. The quantitative estimate of drug-likeness (QED) is 0.603. The van der Waals surface area contributed by atoms with Crippen LogP contribution < -0.4 is 16.8 Å². The smallest absolute Gasteiger partial charge is 0.255 e. The van der Waals surface area contributed by atoms with Crippen molar-refractivity contribution in [2.24, 2.45) is 11.5 Å². The first-order valence-electron chi connectivity index (χ1n) is 4.67. The third-order valence-corrected chi connectivity index (χ3v) is 2.02. The monoisotopic (exact) mass is 257 g/mol. The minimum atomic E-state index is -1.79. The Labute approximate surface area is 99.9 Å². The molecule has 8 heteroatoms. The van der Waals surface area contributed by atoms with Crippen LogP contribution in [0, 0.1) is 11.6 Å². The molecule has 0 radical (unpaired) electrons. The molecule has 0 atom stereocenters. The molecule has 1 rings (SSSR count). The van der Waals surface area contributed by atoms with Gasteiger partial charge in [0.15, 0.2) is 6.04 Å². The van der Waals surface area contributed by atoms with Crippen molar-refractivity contribution in [1.29, 1.82) is 0 Å². The van der Waals surface area contributed by atoms with Crippen molar-refractivity contribution in [1.82, 2.24) is 5.32 Å². The number of nitrogens with one attached hydrogen (secondary N) is 1. The summed E-state index contributed by atoms with van der Waals surface area (Å²) in [7, 11) is 0. The average Bonchev–Trinajstić information content (AvgIpc) is 2.28. The topological polar surface area (TPSA) is 115 Å². The summed E-state index contributed by atoms with van der Waals surface area (Å²) >= 11 is 0. The van der Waals surface area contributed by atoms with Crippen LogP contribution in [0.15, 0.2) is 18.2 Å². The fraction of sp³-hybridized carbons (Fsp3) is 0.100. The maximum Gasteiger partial charge on any atom is 0.255 e. The second-order valence-electron chi connectivity index (χ2n) is 3.34. The lowest BCUT2D eigenvalue weighted by atomic mass is 10.1. The molecule has 0 aliphatic heterocycles. The van der Waals surface area contributed by atoms with E-state index in [0.717, 1.165) is 12.1 Å². The van der Waals surface area contributed by atoms with Crippen LogP contribution in [0.2, 0.25) is 0 Å². The number of carbonyl (C=O) groups is 3. The summed E-state index contributed by atoms with van der Waals surface area (Å²) in [4.78, 5) is 33.1. The van der Waals surface area contributed by atoms with Gasteiger partial charge in [0, 0.05) is 0 Å². The van der Waals surface area contributed by atoms with Crippen LogP contribution in [0.3, 0.4) is 0 Å². The lowest BCUT2D eigenvalue weighted by Crippen LogP contribution is -2.52. The zero-order valence-electron chi connectivity index (χ0n) is 8.94. The second kappa shape index (κ2) is 5.21. The minimum absolute atomic E-state index is 0.615. The molecule has 96 valence electrons. The van der Waals surface area contributed by atoms with Gasteiger partial charge in [0.2, 0.25) is 11.8 Å². The van der Waals surface area contributed by atoms with Gasteiger partial charge >= 0.3 is 0 Å². The number of carbonyl (C=O) groups excluding carboxylic acids is 3. The first-order chi connectivity index (χ1) is 8.32. The van der Waals surface area contributed by atoms with Gasteiger partial charge in [-0.1, -0.05) is 0 Å². The Kier molecular flexibility index (Phi) is 3.93. The molecule has 0 heterocycles. The van der Waals surface area contributed by atoms with Crippen molar-refractivity contribution in [3.63, 3.8) is 0 Å². The number of hydrogen-bond donors (Lipinski definition) is 3. The molecule has 0 saturated carbocycles. The van der Waals surface area contributed by atoms with Gasteiger partial charge < -0.3 is 16.8 Å². The highest BCUT2D eigenvalue weighted by molar-refractivity contribution is 6.08. The summed E-state index contributed by atoms with van der Waals surface area (Å²) in [6.45, 7) is 0. The molecule has 18 heavy (non-hydrogen) atoms. The Morgan fingerprint density at radius 2 is 1.67 bits per heavy atom. The van der Waals surface area contributed by atoms with E-state index >= 15 is 0 Å². The summed E-state index contributed by atoms with van der Waals surface area (Å²) in [5.74, 6) is -5.44. The van der Waals surface area contributed by atoms with Crippen LogP contribution in [0.1, 0.15) is 10.4 Å². The highest BCUT2D eigenvalue weighted by Gasteiger charge is 2.25.